The van der Waals surface area contributed by atoms with Crippen LogP contribution >= 0.6 is 0 Å². The van der Waals surface area contributed by atoms with Crippen LogP contribution < -0.4 is 10.6 Å². The highest BCUT2D eigenvalue weighted by Crippen LogP contribution is 2.09. The molecule has 0 spiro atoms. The third kappa shape index (κ3) is 3.86. The summed E-state index contributed by atoms with van der Waals surface area (Å²) in [6.07, 6.45) is 0.469. The molecule has 16 heavy (non-hydrogen) atoms. The lowest BCUT2D eigenvalue weighted by molar-refractivity contribution is 0.136. The molecule has 0 aromatic heterocycles. The van der Waals surface area contributed by atoms with Crippen LogP contribution in [0.4, 0.5) is 4.39 Å². The van der Waals surface area contributed by atoms with Crippen molar-refractivity contribution in [3.63, 3.8) is 0 Å². The van der Waals surface area contributed by atoms with Crippen LogP contribution in [0.15, 0.2) is 29.2 Å². The van der Waals surface area contributed by atoms with E-state index in [1.807, 2.05) is 0 Å². The highest BCUT2D eigenvalue weighted by atomic mass is 32.2. The van der Waals surface area contributed by atoms with Gasteiger partial charge in [0, 0.05) is 6.54 Å². The van der Waals surface area contributed by atoms with Crippen molar-refractivity contribution >= 4 is 10.0 Å². The molecule has 0 unspecified atom stereocenters. The van der Waals surface area contributed by atoms with Crippen molar-refractivity contribution in [3.05, 3.63) is 30.1 Å². The number of nitrogens with two attached hydrogens (primary N) is 1. The van der Waals surface area contributed by atoms with Gasteiger partial charge in [0.1, 0.15) is 5.82 Å². The van der Waals surface area contributed by atoms with E-state index >= 15 is 0 Å². The summed E-state index contributed by atoms with van der Waals surface area (Å²) < 4.78 is 38.1. The molecule has 0 heterocycles. The molecule has 7 heteroatoms. The number of hydrogen-bond acceptors (Lipinski definition) is 4. The Balaban J connectivity index is 2.60. The second-order valence-electron chi connectivity index (χ2n) is 3.08. The number of benzene rings is 1. The van der Waals surface area contributed by atoms with Crippen molar-refractivity contribution in [3.8, 4) is 0 Å². The molecule has 5 nitrogen and oxygen atoms in total. The number of hydrogen-bond donors (Lipinski definition) is 2. The summed E-state index contributed by atoms with van der Waals surface area (Å²) in [6, 6.07) is 4.60. The van der Waals surface area contributed by atoms with Crippen LogP contribution in [-0.2, 0) is 14.9 Å². The van der Waals surface area contributed by atoms with Crippen LogP contribution in [0.2, 0.25) is 0 Å². The minimum Gasteiger partial charge on any atom is -0.305 e. The van der Waals surface area contributed by atoms with Crippen molar-refractivity contribution in [2.24, 2.45) is 5.90 Å². The third-order valence-electron chi connectivity index (χ3n) is 1.85. The highest BCUT2D eigenvalue weighted by Gasteiger charge is 2.12. The van der Waals surface area contributed by atoms with Crippen molar-refractivity contribution < 1.29 is 17.6 Å². The first-order valence-electron chi connectivity index (χ1n) is 4.63. The van der Waals surface area contributed by atoms with Crippen molar-refractivity contribution in [1.82, 2.24) is 4.72 Å². The largest absolute Gasteiger partial charge is 0.305 e. The maximum absolute atomic E-state index is 12.6. The molecule has 0 aliphatic carbocycles. The Kier molecular flexibility index (Phi) is 4.81. The number of sulfonamides is 1. The van der Waals surface area contributed by atoms with Crippen LogP contribution in [0.3, 0.4) is 0 Å². The summed E-state index contributed by atoms with van der Waals surface area (Å²) in [5.41, 5.74) is 0. The monoisotopic (exact) mass is 248 g/mol. The van der Waals surface area contributed by atoms with E-state index in [0.717, 1.165) is 12.1 Å². The Morgan fingerprint density at radius 3 is 2.50 bits per heavy atom. The average Bonchev–Trinajstić information content (AvgIpc) is 2.25. The van der Waals surface area contributed by atoms with Gasteiger partial charge in [-0.1, -0.05) is 0 Å². The van der Waals surface area contributed by atoms with E-state index in [1.165, 1.54) is 12.1 Å². The number of nitrogens with one attached hydrogen (secondary N) is 1. The molecule has 0 saturated carbocycles. The van der Waals surface area contributed by atoms with Gasteiger partial charge in [-0.2, -0.15) is 0 Å². The standard InChI is InChI=1S/C9H13FN2O3S/c10-8-2-4-9(5-3-8)16(13,14)12-6-1-7-15-11/h2-5,12H,1,6-7,11H2. The van der Waals surface area contributed by atoms with Crippen LogP contribution in [0, 0.1) is 5.82 Å². The van der Waals surface area contributed by atoms with Crippen molar-refractivity contribution in [2.45, 2.75) is 11.3 Å². The zero-order valence-electron chi connectivity index (χ0n) is 8.52. The molecule has 3 N–H and O–H groups in total. The van der Waals surface area contributed by atoms with E-state index in [0.29, 0.717) is 6.42 Å². The topological polar surface area (TPSA) is 81.4 Å². The van der Waals surface area contributed by atoms with Gasteiger partial charge in [0.05, 0.1) is 11.5 Å². The molecule has 0 radical (unpaired) electrons. The summed E-state index contributed by atoms with van der Waals surface area (Å²) in [5.74, 6) is 4.31. The number of rotatable bonds is 6. The zero-order chi connectivity index (χ0) is 12.0. The summed E-state index contributed by atoms with van der Waals surface area (Å²) in [5, 5.41) is 0. The van der Waals surface area contributed by atoms with Gasteiger partial charge in [-0.15, -0.1) is 0 Å². The Hall–Kier alpha value is -1.02. The minimum atomic E-state index is -3.57. The van der Waals surface area contributed by atoms with E-state index in [4.69, 9.17) is 5.90 Å². The van der Waals surface area contributed by atoms with Gasteiger partial charge < -0.3 is 4.84 Å². The maximum atomic E-state index is 12.6. The summed E-state index contributed by atoms with van der Waals surface area (Å²) in [7, 11) is -3.57. The molecule has 1 rings (SSSR count). The Morgan fingerprint density at radius 1 is 1.31 bits per heavy atom. The molecule has 1 aromatic carbocycles. The van der Waals surface area contributed by atoms with Gasteiger partial charge in [-0.3, -0.25) is 0 Å². The van der Waals surface area contributed by atoms with Gasteiger partial charge in [0.2, 0.25) is 10.0 Å². The fourth-order valence-electron chi connectivity index (χ4n) is 1.06. The van der Waals surface area contributed by atoms with Crippen LogP contribution in [0.1, 0.15) is 6.42 Å². The molecule has 0 aliphatic rings. The molecule has 90 valence electrons. The van der Waals surface area contributed by atoms with E-state index in [2.05, 4.69) is 9.56 Å². The maximum Gasteiger partial charge on any atom is 0.240 e. The smallest absolute Gasteiger partial charge is 0.240 e. The number of halogens is 1. The summed E-state index contributed by atoms with van der Waals surface area (Å²) in [6.45, 7) is 0.489. The molecular formula is C9H13FN2O3S. The summed E-state index contributed by atoms with van der Waals surface area (Å²) in [4.78, 5) is 4.32. The molecule has 0 atom stereocenters. The Labute approximate surface area is 93.4 Å². The van der Waals surface area contributed by atoms with Gasteiger partial charge in [0.25, 0.3) is 0 Å². The molecule has 0 saturated heterocycles. The van der Waals surface area contributed by atoms with E-state index < -0.39 is 15.8 Å². The van der Waals surface area contributed by atoms with Crippen molar-refractivity contribution in [2.75, 3.05) is 13.2 Å². The highest BCUT2D eigenvalue weighted by molar-refractivity contribution is 7.89. The fraction of sp³-hybridized carbons (Fsp3) is 0.333. The summed E-state index contributed by atoms with van der Waals surface area (Å²) >= 11 is 0. The van der Waals surface area contributed by atoms with Gasteiger partial charge in [-0.25, -0.2) is 23.4 Å². The first-order valence-corrected chi connectivity index (χ1v) is 6.11. The lowest BCUT2D eigenvalue weighted by Crippen LogP contribution is -2.25. The van der Waals surface area contributed by atoms with E-state index in [9.17, 15) is 12.8 Å². The van der Waals surface area contributed by atoms with Gasteiger partial charge in [0.15, 0.2) is 0 Å². The van der Waals surface area contributed by atoms with Gasteiger partial charge in [-0.05, 0) is 30.7 Å². The zero-order valence-corrected chi connectivity index (χ0v) is 9.34. The second kappa shape index (κ2) is 5.90. The normalized spacial score (nSPS) is 11.6. The lowest BCUT2D eigenvalue weighted by Gasteiger charge is -2.05. The van der Waals surface area contributed by atoms with Crippen LogP contribution in [0.5, 0.6) is 0 Å². The predicted octanol–water partition coefficient (Wildman–Crippen LogP) is 0.384. The lowest BCUT2D eigenvalue weighted by atomic mass is 10.4. The fourth-order valence-corrected chi connectivity index (χ4v) is 2.13. The quantitative estimate of drug-likeness (QED) is 0.563. The first kappa shape index (κ1) is 13.0. The Morgan fingerprint density at radius 2 is 1.94 bits per heavy atom. The molecule has 1 aromatic rings. The van der Waals surface area contributed by atoms with E-state index in [-0.39, 0.29) is 18.0 Å². The molecule has 0 bridgehead atoms. The SMILES string of the molecule is NOCCCNS(=O)(=O)c1ccc(F)cc1. The predicted molar refractivity (Wildman–Crippen MR) is 56.3 cm³/mol. The van der Waals surface area contributed by atoms with Gasteiger partial charge >= 0.3 is 0 Å². The average molecular weight is 248 g/mol. The molecule has 0 aliphatic heterocycles. The first-order chi connectivity index (χ1) is 7.56. The van der Waals surface area contributed by atoms with E-state index in [1.54, 1.807) is 0 Å². The molecule has 0 amide bonds. The Bertz CT molecular complexity index is 419. The third-order valence-corrected chi connectivity index (χ3v) is 3.33. The van der Waals surface area contributed by atoms with Crippen molar-refractivity contribution in [1.29, 1.82) is 0 Å². The van der Waals surface area contributed by atoms with Crippen LogP contribution in [0.25, 0.3) is 0 Å². The molecular weight excluding hydrogens is 235 g/mol. The second-order valence-corrected chi connectivity index (χ2v) is 4.84. The molecule has 0 fully saturated rings. The van der Waals surface area contributed by atoms with Crippen LogP contribution in [-0.4, -0.2) is 21.6 Å². The minimum absolute atomic E-state index is 0.0302.